The molecule has 1 saturated heterocycles. The minimum atomic E-state index is -3.77. The molecule has 1 atom stereocenters. The van der Waals surface area contributed by atoms with Crippen LogP contribution < -0.4 is 10.6 Å². The summed E-state index contributed by atoms with van der Waals surface area (Å²) in [7, 11) is -3.77. The lowest BCUT2D eigenvalue weighted by atomic mass is 10.1. The Bertz CT molecular complexity index is 1150. The standard InChI is InChI=1S/C24H29N3O6S/c1-17-11-12-20(34(31,32)27-13-7-6-8-18(27)2)14-21(17)23(29)33-16-22(28)26-24(30)25-15-19-9-4-3-5-10-19/h3-5,9-12,14,18H,6-8,13,15-16H2,1-2H3,(H2,25,26,28,30). The molecule has 0 saturated carbocycles. The number of urea groups is 1. The van der Waals surface area contributed by atoms with Crippen molar-refractivity contribution in [2.45, 2.75) is 50.6 Å². The quantitative estimate of drug-likeness (QED) is 0.579. The van der Waals surface area contributed by atoms with Crippen LogP contribution in [0.5, 0.6) is 0 Å². The molecule has 9 nitrogen and oxygen atoms in total. The summed E-state index contributed by atoms with van der Waals surface area (Å²) >= 11 is 0. The van der Waals surface area contributed by atoms with Crippen LogP contribution in [0.1, 0.15) is 47.7 Å². The number of rotatable bonds is 7. The number of piperidine rings is 1. The van der Waals surface area contributed by atoms with Gasteiger partial charge in [-0.15, -0.1) is 0 Å². The molecule has 0 bridgehead atoms. The third-order valence-electron chi connectivity index (χ3n) is 5.66. The maximum atomic E-state index is 13.1. The summed E-state index contributed by atoms with van der Waals surface area (Å²) < 4.78 is 32.7. The zero-order chi connectivity index (χ0) is 24.7. The van der Waals surface area contributed by atoms with Crippen molar-refractivity contribution >= 4 is 27.9 Å². The second-order valence-electron chi connectivity index (χ2n) is 8.23. The number of nitrogens with one attached hydrogen (secondary N) is 2. The Hall–Kier alpha value is -3.24. The summed E-state index contributed by atoms with van der Waals surface area (Å²) in [5.41, 5.74) is 1.42. The predicted molar refractivity (Wildman–Crippen MR) is 125 cm³/mol. The molecule has 2 aromatic rings. The molecule has 10 heteroatoms. The van der Waals surface area contributed by atoms with Crippen molar-refractivity contribution in [1.29, 1.82) is 0 Å². The topological polar surface area (TPSA) is 122 Å². The first kappa shape index (κ1) is 25.4. The van der Waals surface area contributed by atoms with Crippen molar-refractivity contribution in [2.24, 2.45) is 0 Å². The number of hydrogen-bond donors (Lipinski definition) is 2. The molecule has 3 amide bonds. The normalized spacial score (nSPS) is 16.5. The number of amides is 3. The van der Waals surface area contributed by atoms with Crippen LogP contribution in [0.25, 0.3) is 0 Å². The average Bonchev–Trinajstić information content (AvgIpc) is 2.82. The van der Waals surface area contributed by atoms with E-state index in [1.165, 1.54) is 22.5 Å². The Balaban J connectivity index is 1.58. The van der Waals surface area contributed by atoms with Gasteiger partial charge in [-0.3, -0.25) is 10.1 Å². The van der Waals surface area contributed by atoms with Gasteiger partial charge in [-0.1, -0.05) is 42.8 Å². The van der Waals surface area contributed by atoms with Crippen LogP contribution in [-0.2, 0) is 26.1 Å². The summed E-state index contributed by atoms with van der Waals surface area (Å²) in [6.45, 7) is 3.50. The lowest BCUT2D eigenvalue weighted by Gasteiger charge is -2.32. The first-order valence-corrected chi connectivity index (χ1v) is 12.5. The van der Waals surface area contributed by atoms with Gasteiger partial charge in [0.15, 0.2) is 6.61 Å². The molecule has 2 N–H and O–H groups in total. The molecule has 1 fully saturated rings. The van der Waals surface area contributed by atoms with Crippen LogP contribution in [0.15, 0.2) is 53.4 Å². The van der Waals surface area contributed by atoms with E-state index in [-0.39, 0.29) is 23.0 Å². The Labute approximate surface area is 199 Å². The fourth-order valence-corrected chi connectivity index (χ4v) is 5.47. The largest absolute Gasteiger partial charge is 0.452 e. The number of benzene rings is 2. The molecule has 2 aromatic carbocycles. The Morgan fingerprint density at radius 2 is 1.82 bits per heavy atom. The number of ether oxygens (including phenoxy) is 1. The highest BCUT2D eigenvalue weighted by Crippen LogP contribution is 2.26. The molecule has 34 heavy (non-hydrogen) atoms. The summed E-state index contributed by atoms with van der Waals surface area (Å²) in [5.74, 6) is -1.65. The van der Waals surface area contributed by atoms with E-state index in [0.717, 1.165) is 24.8 Å². The van der Waals surface area contributed by atoms with Crippen LogP contribution in [-0.4, -0.2) is 49.8 Å². The van der Waals surface area contributed by atoms with Gasteiger partial charge in [0.2, 0.25) is 10.0 Å². The van der Waals surface area contributed by atoms with Gasteiger partial charge in [0.25, 0.3) is 5.91 Å². The van der Waals surface area contributed by atoms with Gasteiger partial charge >= 0.3 is 12.0 Å². The maximum absolute atomic E-state index is 13.1. The van der Waals surface area contributed by atoms with E-state index in [9.17, 15) is 22.8 Å². The lowest BCUT2D eigenvalue weighted by molar-refractivity contribution is -0.123. The maximum Gasteiger partial charge on any atom is 0.338 e. The van der Waals surface area contributed by atoms with E-state index in [0.29, 0.717) is 12.1 Å². The van der Waals surface area contributed by atoms with E-state index >= 15 is 0 Å². The number of sulfonamides is 1. The van der Waals surface area contributed by atoms with Crippen molar-refractivity contribution in [2.75, 3.05) is 13.2 Å². The van der Waals surface area contributed by atoms with Crippen molar-refractivity contribution in [3.05, 3.63) is 65.2 Å². The number of carbonyl (C=O) groups is 3. The number of aryl methyl sites for hydroxylation is 1. The molecule has 3 rings (SSSR count). The summed E-state index contributed by atoms with van der Waals surface area (Å²) in [6.07, 6.45) is 2.55. The van der Waals surface area contributed by atoms with Crippen LogP contribution in [0, 0.1) is 6.92 Å². The van der Waals surface area contributed by atoms with Crippen LogP contribution in [0.3, 0.4) is 0 Å². The smallest absolute Gasteiger partial charge is 0.338 e. The molecule has 182 valence electrons. The first-order chi connectivity index (χ1) is 16.2. The Morgan fingerprint density at radius 1 is 1.09 bits per heavy atom. The minimum Gasteiger partial charge on any atom is -0.452 e. The van der Waals surface area contributed by atoms with Crippen molar-refractivity contribution in [3.8, 4) is 0 Å². The van der Waals surface area contributed by atoms with Crippen LogP contribution in [0.4, 0.5) is 4.79 Å². The van der Waals surface area contributed by atoms with E-state index in [4.69, 9.17) is 4.74 Å². The molecular weight excluding hydrogens is 458 g/mol. The zero-order valence-electron chi connectivity index (χ0n) is 19.2. The van der Waals surface area contributed by atoms with Crippen molar-refractivity contribution < 1.29 is 27.5 Å². The van der Waals surface area contributed by atoms with Crippen molar-refractivity contribution in [3.63, 3.8) is 0 Å². The van der Waals surface area contributed by atoms with E-state index in [1.54, 1.807) is 6.92 Å². The zero-order valence-corrected chi connectivity index (χ0v) is 20.1. The molecule has 1 aliphatic rings. The van der Waals surface area contributed by atoms with Gasteiger partial charge in [-0.2, -0.15) is 4.31 Å². The molecular formula is C24H29N3O6S. The number of nitrogens with zero attached hydrogens (tertiary/aromatic N) is 1. The molecule has 0 spiro atoms. The van der Waals surface area contributed by atoms with Gasteiger partial charge in [-0.05, 0) is 49.9 Å². The third-order valence-corrected chi connectivity index (χ3v) is 7.67. The fraction of sp³-hybridized carbons (Fsp3) is 0.375. The molecule has 0 radical (unpaired) electrons. The summed E-state index contributed by atoms with van der Waals surface area (Å²) in [4.78, 5) is 36.5. The Morgan fingerprint density at radius 3 is 2.53 bits per heavy atom. The SMILES string of the molecule is Cc1ccc(S(=O)(=O)N2CCCCC2C)cc1C(=O)OCC(=O)NC(=O)NCc1ccccc1. The van der Waals surface area contributed by atoms with Gasteiger partial charge in [0, 0.05) is 19.1 Å². The summed E-state index contributed by atoms with van der Waals surface area (Å²) in [6, 6.07) is 12.6. The number of esters is 1. The molecule has 1 heterocycles. The number of hydrogen-bond acceptors (Lipinski definition) is 6. The highest BCUT2D eigenvalue weighted by atomic mass is 32.2. The van der Waals surface area contributed by atoms with Gasteiger partial charge in [-0.25, -0.2) is 18.0 Å². The first-order valence-electron chi connectivity index (χ1n) is 11.1. The number of carbonyl (C=O) groups excluding carboxylic acids is 3. The van der Waals surface area contributed by atoms with E-state index in [1.807, 2.05) is 37.3 Å². The van der Waals surface area contributed by atoms with Gasteiger partial charge < -0.3 is 10.1 Å². The van der Waals surface area contributed by atoms with E-state index in [2.05, 4.69) is 10.6 Å². The van der Waals surface area contributed by atoms with Gasteiger partial charge in [0.1, 0.15) is 0 Å². The highest BCUT2D eigenvalue weighted by Gasteiger charge is 2.31. The Kier molecular flexibility index (Phi) is 8.41. The predicted octanol–water partition coefficient (Wildman–Crippen LogP) is 2.74. The van der Waals surface area contributed by atoms with Crippen LogP contribution >= 0.6 is 0 Å². The third kappa shape index (κ3) is 6.42. The molecule has 0 aromatic heterocycles. The van der Waals surface area contributed by atoms with Crippen molar-refractivity contribution in [1.82, 2.24) is 14.9 Å². The monoisotopic (exact) mass is 487 g/mol. The average molecular weight is 488 g/mol. The lowest BCUT2D eigenvalue weighted by Crippen LogP contribution is -2.42. The molecule has 0 aliphatic carbocycles. The highest BCUT2D eigenvalue weighted by molar-refractivity contribution is 7.89. The minimum absolute atomic E-state index is 0.00328. The summed E-state index contributed by atoms with van der Waals surface area (Å²) in [5, 5.41) is 4.62. The second kappa shape index (κ2) is 11.3. The molecule has 1 unspecified atom stereocenters. The van der Waals surface area contributed by atoms with Crippen LogP contribution in [0.2, 0.25) is 0 Å². The van der Waals surface area contributed by atoms with E-state index < -0.39 is 34.5 Å². The molecule has 1 aliphatic heterocycles. The fourth-order valence-electron chi connectivity index (χ4n) is 3.74. The number of imide groups is 1. The second-order valence-corrected chi connectivity index (χ2v) is 10.1. The van der Waals surface area contributed by atoms with Gasteiger partial charge in [0.05, 0.1) is 10.5 Å².